The smallest absolute Gasteiger partial charge is 0.338 e. The van der Waals surface area contributed by atoms with Crippen LogP contribution in [-0.4, -0.2) is 61.3 Å². The normalized spacial score (nSPS) is 20.0. The van der Waals surface area contributed by atoms with Crippen LogP contribution in [0.25, 0.3) is 5.69 Å². The number of aryl methyl sites for hydroxylation is 1. The van der Waals surface area contributed by atoms with Crippen LogP contribution in [0.3, 0.4) is 0 Å². The number of rotatable bonds is 4. The van der Waals surface area contributed by atoms with Gasteiger partial charge in [0.25, 0.3) is 5.91 Å². The van der Waals surface area contributed by atoms with Gasteiger partial charge in [-0.25, -0.2) is 9.48 Å². The molecule has 0 radical (unpaired) electrons. The summed E-state index contributed by atoms with van der Waals surface area (Å²) < 4.78 is 8.08. The van der Waals surface area contributed by atoms with Crippen molar-refractivity contribution in [2.24, 2.45) is 7.05 Å². The Kier molecular flexibility index (Phi) is 4.38. The third-order valence-electron chi connectivity index (χ3n) is 4.22. The summed E-state index contributed by atoms with van der Waals surface area (Å²) in [4.78, 5) is 36.6. The highest BCUT2D eigenvalue weighted by Gasteiger charge is 2.49. The largest absolute Gasteiger partial charge is 0.479 e. The van der Waals surface area contributed by atoms with Crippen LogP contribution in [0.15, 0.2) is 35.4 Å². The number of aliphatic carboxylic acids is 1. The summed E-state index contributed by atoms with van der Waals surface area (Å²) in [6.07, 6.45) is 1.68. The second-order valence-electron chi connectivity index (χ2n) is 6.15. The van der Waals surface area contributed by atoms with Crippen LogP contribution in [0, 0.1) is 0 Å². The summed E-state index contributed by atoms with van der Waals surface area (Å²) in [6.45, 7) is 1.26. The number of ether oxygens (including phenoxy) is 1. The van der Waals surface area contributed by atoms with E-state index in [-0.39, 0.29) is 18.7 Å². The van der Waals surface area contributed by atoms with Crippen LogP contribution in [-0.2, 0) is 21.4 Å². The van der Waals surface area contributed by atoms with Crippen molar-refractivity contribution < 1.29 is 24.5 Å². The maximum absolute atomic E-state index is 12.6. The Labute approximate surface area is 147 Å². The Morgan fingerprint density at radius 2 is 2.08 bits per heavy atom. The quantitative estimate of drug-likeness (QED) is 0.724. The van der Waals surface area contributed by atoms with Crippen molar-refractivity contribution in [2.45, 2.75) is 18.6 Å². The Bertz CT molecular complexity index is 915. The van der Waals surface area contributed by atoms with Gasteiger partial charge in [-0.2, -0.15) is 0 Å². The zero-order valence-corrected chi connectivity index (χ0v) is 14.2. The van der Waals surface area contributed by atoms with Crippen LogP contribution >= 0.6 is 0 Å². The number of carboxylic acid groups (broad SMARTS) is 1. The Morgan fingerprint density at radius 1 is 1.35 bits per heavy atom. The predicted molar refractivity (Wildman–Crippen MR) is 89.2 cm³/mol. The van der Waals surface area contributed by atoms with Gasteiger partial charge in [-0.3, -0.25) is 14.5 Å². The number of carbonyl (C=O) groups is 2. The molecule has 2 atom stereocenters. The fourth-order valence-corrected chi connectivity index (χ4v) is 2.64. The summed E-state index contributed by atoms with van der Waals surface area (Å²) in [5, 5.41) is 23.5. The van der Waals surface area contributed by atoms with Gasteiger partial charge in [0, 0.05) is 31.6 Å². The molecule has 3 rings (SSSR count). The van der Waals surface area contributed by atoms with Crippen molar-refractivity contribution in [2.75, 3.05) is 18.1 Å². The van der Waals surface area contributed by atoms with Crippen LogP contribution < -0.4 is 10.5 Å². The van der Waals surface area contributed by atoms with E-state index in [1.54, 1.807) is 31.6 Å². The van der Waals surface area contributed by atoms with Crippen LogP contribution in [0.5, 0.6) is 0 Å². The van der Waals surface area contributed by atoms with Crippen molar-refractivity contribution in [3.8, 4) is 5.69 Å². The van der Waals surface area contributed by atoms with Crippen LogP contribution in [0.4, 0.5) is 5.82 Å². The summed E-state index contributed by atoms with van der Waals surface area (Å²) in [7, 11) is 1.61. The number of anilines is 1. The first kappa shape index (κ1) is 17.8. The van der Waals surface area contributed by atoms with Crippen LogP contribution in [0.2, 0.25) is 0 Å². The molecule has 2 N–H and O–H groups in total. The van der Waals surface area contributed by atoms with Crippen LogP contribution in [0.1, 0.15) is 6.92 Å². The third-order valence-corrected chi connectivity index (χ3v) is 4.22. The maximum atomic E-state index is 12.6. The molecule has 3 heterocycles. The van der Waals surface area contributed by atoms with Crippen molar-refractivity contribution in [3.63, 3.8) is 0 Å². The average molecular weight is 362 g/mol. The Hall–Kier alpha value is -2.98. The molecule has 26 heavy (non-hydrogen) atoms. The predicted octanol–water partition coefficient (Wildman–Crippen LogP) is -0.862. The summed E-state index contributed by atoms with van der Waals surface area (Å²) in [6, 6.07) is 4.58. The standard InChI is InChI=1S/C16H18N4O6/c1-16(25,15(23)24)13-14(22)19(7-8-26-13)11-5-6-20(17-11)10-3-4-12(21)18(2)9-10/h3-6,9,13,25H,7-8H2,1-2H3,(H,23,24). The van der Waals surface area contributed by atoms with Gasteiger partial charge in [0.2, 0.25) is 5.56 Å². The molecule has 0 saturated carbocycles. The number of aromatic nitrogens is 3. The molecule has 0 aromatic carbocycles. The van der Waals surface area contributed by atoms with E-state index in [1.165, 1.54) is 20.2 Å². The van der Waals surface area contributed by atoms with Gasteiger partial charge in [-0.1, -0.05) is 0 Å². The lowest BCUT2D eigenvalue weighted by molar-refractivity contribution is -0.180. The van der Waals surface area contributed by atoms with E-state index >= 15 is 0 Å². The minimum absolute atomic E-state index is 0.0620. The second-order valence-corrected chi connectivity index (χ2v) is 6.15. The van der Waals surface area contributed by atoms with Gasteiger partial charge in [0.15, 0.2) is 17.5 Å². The molecule has 0 aliphatic carbocycles. The number of hydrogen-bond donors (Lipinski definition) is 2. The average Bonchev–Trinajstić information content (AvgIpc) is 3.07. The number of hydrogen-bond acceptors (Lipinski definition) is 6. The monoisotopic (exact) mass is 362 g/mol. The lowest BCUT2D eigenvalue weighted by Gasteiger charge is -2.36. The zero-order valence-electron chi connectivity index (χ0n) is 14.2. The van der Waals surface area contributed by atoms with Crippen molar-refractivity contribution in [1.82, 2.24) is 14.3 Å². The third kappa shape index (κ3) is 3.00. The second kappa shape index (κ2) is 6.39. The minimum Gasteiger partial charge on any atom is -0.479 e. The van der Waals surface area contributed by atoms with E-state index in [4.69, 9.17) is 9.84 Å². The van der Waals surface area contributed by atoms with Gasteiger partial charge in [-0.15, -0.1) is 5.10 Å². The van der Waals surface area contributed by atoms with E-state index in [0.29, 0.717) is 11.5 Å². The number of amides is 1. The molecule has 1 fully saturated rings. The molecule has 10 heteroatoms. The van der Waals surface area contributed by atoms with Gasteiger partial charge in [0.05, 0.1) is 18.8 Å². The maximum Gasteiger partial charge on any atom is 0.338 e. The summed E-state index contributed by atoms with van der Waals surface area (Å²) in [5.74, 6) is -1.94. The number of carbonyl (C=O) groups excluding carboxylic acids is 1. The highest BCUT2D eigenvalue weighted by atomic mass is 16.5. The van der Waals surface area contributed by atoms with E-state index in [0.717, 1.165) is 6.92 Å². The molecule has 2 unspecified atom stereocenters. The van der Waals surface area contributed by atoms with Gasteiger partial charge >= 0.3 is 5.97 Å². The fraction of sp³-hybridized carbons (Fsp3) is 0.375. The van der Waals surface area contributed by atoms with E-state index < -0.39 is 23.6 Å². The van der Waals surface area contributed by atoms with Crippen molar-refractivity contribution in [3.05, 3.63) is 40.9 Å². The molecule has 1 aliphatic rings. The molecule has 2 aromatic rings. The summed E-state index contributed by atoms with van der Waals surface area (Å²) >= 11 is 0. The summed E-state index contributed by atoms with van der Waals surface area (Å²) in [5.41, 5.74) is -1.90. The van der Waals surface area contributed by atoms with Gasteiger partial charge < -0.3 is 19.5 Å². The van der Waals surface area contributed by atoms with E-state index in [1.807, 2.05) is 0 Å². The Balaban J connectivity index is 1.89. The number of morpholine rings is 1. The molecule has 1 amide bonds. The first-order valence-electron chi connectivity index (χ1n) is 7.83. The molecule has 1 aliphatic heterocycles. The van der Waals surface area contributed by atoms with Crippen molar-refractivity contribution >= 4 is 17.7 Å². The zero-order chi connectivity index (χ0) is 19.1. The van der Waals surface area contributed by atoms with Gasteiger partial charge in [0.1, 0.15) is 0 Å². The van der Waals surface area contributed by atoms with E-state index in [2.05, 4.69) is 5.10 Å². The van der Waals surface area contributed by atoms with E-state index in [9.17, 15) is 19.5 Å². The first-order chi connectivity index (χ1) is 12.2. The minimum atomic E-state index is -2.35. The molecule has 0 spiro atoms. The fourth-order valence-electron chi connectivity index (χ4n) is 2.64. The lowest BCUT2D eigenvalue weighted by atomic mass is 9.97. The number of nitrogens with zero attached hydrogens (tertiary/aromatic N) is 4. The molecular weight excluding hydrogens is 344 g/mol. The number of pyridine rings is 1. The molecule has 2 aromatic heterocycles. The molecule has 1 saturated heterocycles. The Morgan fingerprint density at radius 3 is 2.73 bits per heavy atom. The first-order valence-corrected chi connectivity index (χ1v) is 7.83. The van der Waals surface area contributed by atoms with Crippen molar-refractivity contribution in [1.29, 1.82) is 0 Å². The lowest BCUT2D eigenvalue weighted by Crippen LogP contribution is -2.60. The SMILES string of the molecule is Cn1cc(-n2ccc(N3CCOC(C(C)(O)C(=O)O)C3=O)n2)ccc1=O. The molecular formula is C16H18N4O6. The molecule has 0 bridgehead atoms. The highest BCUT2D eigenvalue weighted by Crippen LogP contribution is 2.24. The molecule has 138 valence electrons. The topological polar surface area (TPSA) is 127 Å². The molecule has 10 nitrogen and oxygen atoms in total. The highest BCUT2D eigenvalue weighted by molar-refractivity contribution is 6.00. The number of aliphatic hydroxyl groups is 1. The number of carboxylic acids is 1. The van der Waals surface area contributed by atoms with Gasteiger partial charge in [-0.05, 0) is 13.0 Å².